The van der Waals surface area contributed by atoms with E-state index in [-0.39, 0.29) is 0 Å². The summed E-state index contributed by atoms with van der Waals surface area (Å²) in [5.74, 6) is 0. The summed E-state index contributed by atoms with van der Waals surface area (Å²) in [5.41, 5.74) is 16.4. The molecular weight excluding hydrogens is 721 g/mol. The van der Waals surface area contributed by atoms with Crippen LogP contribution in [-0.4, -0.2) is 19.9 Å². The minimum atomic E-state index is 0.782. The highest BCUT2D eigenvalue weighted by molar-refractivity contribution is 6.21. The van der Waals surface area contributed by atoms with Gasteiger partial charge in [-0.05, 0) is 111 Å². The molecule has 5 heterocycles. The summed E-state index contributed by atoms with van der Waals surface area (Å²) in [4.78, 5) is 19.6. The van der Waals surface area contributed by atoms with Gasteiger partial charge in [0.25, 0.3) is 0 Å². The van der Waals surface area contributed by atoms with Crippen molar-refractivity contribution >= 4 is 32.8 Å². The van der Waals surface area contributed by atoms with E-state index in [1.54, 1.807) is 12.4 Å². The van der Waals surface area contributed by atoms with Crippen molar-refractivity contribution in [3.63, 3.8) is 0 Å². The molecule has 5 nitrogen and oxygen atoms in total. The highest BCUT2D eigenvalue weighted by Gasteiger charge is 2.19. The van der Waals surface area contributed by atoms with Crippen LogP contribution in [0.1, 0.15) is 0 Å². The number of furan rings is 1. The molecule has 0 aliphatic heterocycles. The van der Waals surface area contributed by atoms with Gasteiger partial charge >= 0.3 is 0 Å². The van der Waals surface area contributed by atoms with E-state index >= 15 is 0 Å². The third-order valence-corrected chi connectivity index (χ3v) is 11.0. The average molecular weight is 755 g/mol. The van der Waals surface area contributed by atoms with Gasteiger partial charge in [-0.1, -0.05) is 127 Å². The van der Waals surface area contributed by atoms with Gasteiger partial charge in [0, 0.05) is 34.1 Å². The van der Waals surface area contributed by atoms with Crippen LogP contribution in [0.25, 0.3) is 111 Å². The summed E-state index contributed by atoms with van der Waals surface area (Å²) in [6.07, 6.45) is 3.59. The lowest BCUT2D eigenvalue weighted by molar-refractivity contribution is 0.669. The van der Waals surface area contributed by atoms with Crippen LogP contribution in [0.5, 0.6) is 0 Å². The van der Waals surface area contributed by atoms with Crippen LogP contribution in [0.15, 0.2) is 211 Å². The molecule has 0 fully saturated rings. The van der Waals surface area contributed by atoms with Gasteiger partial charge in [-0.25, -0.2) is 9.97 Å². The molecule has 5 heteroatoms. The first-order chi connectivity index (χ1) is 29.2. The standard InChI is InChI=1S/C54H34N4O/c1-2-13-35(14-3-1)36-15-10-17-38(29-36)41-25-26-44-48(32-41)58-53(54-52(44)45-21-4-5-24-51(45)59-54)42-20-12-18-39(31-42)37-16-11-19-40(30-37)43-33-49(46-22-6-8-27-55-46)57-50(34-43)47-23-7-9-28-56-47/h1-34H. The second kappa shape index (κ2) is 14.5. The Morgan fingerprint density at radius 2 is 0.847 bits per heavy atom. The lowest BCUT2D eigenvalue weighted by Crippen LogP contribution is -1.94. The smallest absolute Gasteiger partial charge is 0.162 e. The second-order valence-electron chi connectivity index (χ2n) is 14.7. The first-order valence-corrected chi connectivity index (χ1v) is 19.7. The molecule has 0 unspecified atom stereocenters. The van der Waals surface area contributed by atoms with E-state index in [0.29, 0.717) is 0 Å². The summed E-state index contributed by atoms with van der Waals surface area (Å²) in [5, 5.41) is 3.21. The molecule has 0 aliphatic rings. The van der Waals surface area contributed by atoms with Gasteiger partial charge in [0.1, 0.15) is 11.3 Å². The number of hydrogen-bond donors (Lipinski definition) is 0. The van der Waals surface area contributed by atoms with Gasteiger partial charge in [-0.15, -0.1) is 0 Å². The summed E-state index contributed by atoms with van der Waals surface area (Å²) >= 11 is 0. The summed E-state index contributed by atoms with van der Waals surface area (Å²) in [6, 6.07) is 67.3. The Hall–Kier alpha value is -8.02. The number of pyridine rings is 4. The molecular formula is C54H34N4O. The van der Waals surface area contributed by atoms with Gasteiger partial charge in [0.15, 0.2) is 5.58 Å². The van der Waals surface area contributed by atoms with Crippen molar-refractivity contribution in [3.8, 4) is 78.5 Å². The zero-order chi connectivity index (χ0) is 39.1. The number of benzene rings is 6. The maximum absolute atomic E-state index is 6.66. The van der Waals surface area contributed by atoms with Crippen molar-refractivity contribution in [2.24, 2.45) is 0 Å². The van der Waals surface area contributed by atoms with Crippen molar-refractivity contribution in [2.45, 2.75) is 0 Å². The van der Waals surface area contributed by atoms with Gasteiger partial charge in [-0.2, -0.15) is 0 Å². The van der Waals surface area contributed by atoms with Crippen LogP contribution in [-0.2, 0) is 0 Å². The molecule has 0 radical (unpaired) electrons. The van der Waals surface area contributed by atoms with Gasteiger partial charge in [-0.3, -0.25) is 9.97 Å². The maximum atomic E-state index is 6.66. The van der Waals surface area contributed by atoms with Crippen LogP contribution in [0.3, 0.4) is 0 Å². The predicted octanol–water partition coefficient (Wildman–Crippen LogP) is 14.0. The molecule has 11 rings (SSSR count). The van der Waals surface area contributed by atoms with E-state index in [9.17, 15) is 0 Å². The van der Waals surface area contributed by atoms with E-state index < -0.39 is 0 Å². The van der Waals surface area contributed by atoms with Crippen molar-refractivity contribution in [3.05, 3.63) is 207 Å². The molecule has 0 saturated heterocycles. The molecule has 0 bridgehead atoms. The number of aromatic nitrogens is 4. The molecule has 0 aliphatic carbocycles. The Balaban J connectivity index is 1.03. The van der Waals surface area contributed by atoms with Crippen LogP contribution in [0.4, 0.5) is 0 Å². The van der Waals surface area contributed by atoms with Crippen molar-refractivity contribution in [1.82, 2.24) is 19.9 Å². The fraction of sp³-hybridized carbons (Fsp3) is 0. The molecule has 276 valence electrons. The maximum Gasteiger partial charge on any atom is 0.162 e. The number of nitrogens with zero attached hydrogens (tertiary/aromatic N) is 4. The molecule has 0 saturated carbocycles. The molecule has 5 aromatic heterocycles. The highest BCUT2D eigenvalue weighted by Crippen LogP contribution is 2.41. The Bertz CT molecular complexity index is 3270. The minimum Gasteiger partial charge on any atom is -0.454 e. The lowest BCUT2D eigenvalue weighted by atomic mass is 9.95. The Kier molecular flexibility index (Phi) is 8.41. The predicted molar refractivity (Wildman–Crippen MR) is 240 cm³/mol. The number of hydrogen-bond acceptors (Lipinski definition) is 5. The van der Waals surface area contributed by atoms with Crippen LogP contribution < -0.4 is 0 Å². The molecule has 6 aromatic carbocycles. The minimum absolute atomic E-state index is 0.782. The zero-order valence-corrected chi connectivity index (χ0v) is 31.8. The van der Waals surface area contributed by atoms with Gasteiger partial charge in [0.2, 0.25) is 0 Å². The van der Waals surface area contributed by atoms with E-state index in [1.165, 1.54) is 11.1 Å². The summed E-state index contributed by atoms with van der Waals surface area (Å²) < 4.78 is 6.66. The molecule has 0 amide bonds. The van der Waals surface area contributed by atoms with E-state index in [0.717, 1.165) is 100 Å². The SMILES string of the molecule is c1ccc(-c2cccc(-c3ccc4c(c3)nc(-c3cccc(-c5cccc(-c6cc(-c7ccccn7)nc(-c7ccccn7)c6)c5)c3)c3oc5ccccc5c34)c2)cc1. The topological polar surface area (TPSA) is 64.7 Å². The average Bonchev–Trinajstić information content (AvgIpc) is 3.72. The fourth-order valence-corrected chi connectivity index (χ4v) is 8.08. The van der Waals surface area contributed by atoms with Crippen LogP contribution >= 0.6 is 0 Å². The van der Waals surface area contributed by atoms with Gasteiger partial charge in [0.05, 0.1) is 28.3 Å². The third kappa shape index (κ3) is 6.41. The molecule has 0 N–H and O–H groups in total. The van der Waals surface area contributed by atoms with Crippen molar-refractivity contribution in [1.29, 1.82) is 0 Å². The van der Waals surface area contributed by atoms with E-state index in [1.807, 2.05) is 48.5 Å². The number of rotatable bonds is 7. The lowest BCUT2D eigenvalue weighted by Gasteiger charge is -2.12. The van der Waals surface area contributed by atoms with E-state index in [2.05, 4.69) is 156 Å². The molecule has 11 aromatic rings. The number of para-hydroxylation sites is 1. The van der Waals surface area contributed by atoms with Crippen LogP contribution in [0.2, 0.25) is 0 Å². The van der Waals surface area contributed by atoms with Crippen molar-refractivity contribution < 1.29 is 4.42 Å². The molecule has 0 atom stereocenters. The van der Waals surface area contributed by atoms with Crippen molar-refractivity contribution in [2.75, 3.05) is 0 Å². The van der Waals surface area contributed by atoms with Crippen LogP contribution in [0, 0.1) is 0 Å². The Morgan fingerprint density at radius 1 is 0.322 bits per heavy atom. The largest absolute Gasteiger partial charge is 0.454 e. The Labute approximate surface area is 341 Å². The fourth-order valence-electron chi connectivity index (χ4n) is 8.08. The normalized spacial score (nSPS) is 11.4. The Morgan fingerprint density at radius 3 is 1.49 bits per heavy atom. The quantitative estimate of drug-likeness (QED) is 0.162. The molecule has 59 heavy (non-hydrogen) atoms. The highest BCUT2D eigenvalue weighted by atomic mass is 16.3. The first kappa shape index (κ1) is 34.2. The summed E-state index contributed by atoms with van der Waals surface area (Å²) in [6.45, 7) is 0. The molecule has 0 spiro atoms. The monoisotopic (exact) mass is 754 g/mol. The second-order valence-corrected chi connectivity index (χ2v) is 14.7. The zero-order valence-electron chi connectivity index (χ0n) is 31.8. The first-order valence-electron chi connectivity index (χ1n) is 19.7. The summed E-state index contributed by atoms with van der Waals surface area (Å²) in [7, 11) is 0. The third-order valence-electron chi connectivity index (χ3n) is 11.0. The number of fused-ring (bicyclic) bond motifs is 5. The van der Waals surface area contributed by atoms with Gasteiger partial charge < -0.3 is 4.42 Å². The van der Waals surface area contributed by atoms with E-state index in [4.69, 9.17) is 14.4 Å².